The Balaban J connectivity index is 2.47. The van der Waals surface area contributed by atoms with Crippen molar-refractivity contribution in [3.05, 3.63) is 6.33 Å². The molecule has 1 amide bonds. The second-order valence-electron chi connectivity index (χ2n) is 4.35. The van der Waals surface area contributed by atoms with Crippen LogP contribution in [0.3, 0.4) is 0 Å². The van der Waals surface area contributed by atoms with E-state index in [2.05, 4.69) is 20.0 Å². The summed E-state index contributed by atoms with van der Waals surface area (Å²) in [6.07, 6.45) is 1.46. The highest BCUT2D eigenvalue weighted by Gasteiger charge is 2.19. The summed E-state index contributed by atoms with van der Waals surface area (Å²) >= 11 is 1.23. The van der Waals surface area contributed by atoms with Gasteiger partial charge in [0.2, 0.25) is 11.0 Å². The fourth-order valence-corrected chi connectivity index (χ4v) is 1.48. The summed E-state index contributed by atoms with van der Waals surface area (Å²) in [5.41, 5.74) is -0.214. The molecule has 0 saturated heterocycles. The van der Waals surface area contributed by atoms with Crippen molar-refractivity contribution in [1.29, 1.82) is 0 Å². The molecule has 1 aromatic heterocycles. The molecule has 0 bridgehead atoms. The number of hydrogen-bond donors (Lipinski definition) is 2. The molecule has 2 N–H and O–H groups in total. The maximum absolute atomic E-state index is 11.7. The van der Waals surface area contributed by atoms with Crippen LogP contribution in [0.4, 0.5) is 5.13 Å². The summed E-state index contributed by atoms with van der Waals surface area (Å²) in [5, 5.41) is 6.52. The maximum Gasteiger partial charge on any atom is 0.242 e. The monoisotopic (exact) mass is 228 g/mol. The number of carbonyl (C=O) groups is 1. The third-order valence-electron chi connectivity index (χ3n) is 1.59. The van der Waals surface area contributed by atoms with E-state index in [1.807, 2.05) is 20.8 Å². The molecule has 1 unspecified atom stereocenters. The van der Waals surface area contributed by atoms with Gasteiger partial charge in [-0.2, -0.15) is 4.37 Å². The zero-order valence-electron chi connectivity index (χ0n) is 9.37. The van der Waals surface area contributed by atoms with Crippen molar-refractivity contribution in [3.8, 4) is 0 Å². The quantitative estimate of drug-likeness (QED) is 0.817. The lowest BCUT2D eigenvalue weighted by Gasteiger charge is -2.23. The van der Waals surface area contributed by atoms with Crippen molar-refractivity contribution >= 4 is 22.6 Å². The summed E-state index contributed by atoms with van der Waals surface area (Å²) in [6.45, 7) is 7.64. The molecule has 0 radical (unpaired) electrons. The third-order valence-corrected chi connectivity index (χ3v) is 2.19. The third kappa shape index (κ3) is 4.24. The minimum atomic E-state index is -0.308. The van der Waals surface area contributed by atoms with Crippen LogP contribution in [0.5, 0.6) is 0 Å². The Hall–Kier alpha value is -1.17. The Bertz CT molecular complexity index is 317. The lowest BCUT2D eigenvalue weighted by molar-refractivity contribution is -0.122. The van der Waals surface area contributed by atoms with Crippen LogP contribution < -0.4 is 10.6 Å². The van der Waals surface area contributed by atoms with Gasteiger partial charge < -0.3 is 10.6 Å². The van der Waals surface area contributed by atoms with E-state index in [0.717, 1.165) is 0 Å². The fourth-order valence-electron chi connectivity index (χ4n) is 0.965. The highest BCUT2D eigenvalue weighted by Crippen LogP contribution is 2.09. The normalized spacial score (nSPS) is 13.3. The maximum atomic E-state index is 11.7. The van der Waals surface area contributed by atoms with Crippen molar-refractivity contribution in [2.24, 2.45) is 0 Å². The second-order valence-corrected chi connectivity index (χ2v) is 5.13. The van der Waals surface area contributed by atoms with Crippen LogP contribution in [0, 0.1) is 0 Å². The molecule has 1 atom stereocenters. The Kier molecular flexibility index (Phi) is 3.62. The summed E-state index contributed by atoms with van der Waals surface area (Å²) < 4.78 is 3.85. The summed E-state index contributed by atoms with van der Waals surface area (Å²) in [5.74, 6) is -0.0438. The van der Waals surface area contributed by atoms with E-state index in [1.54, 1.807) is 6.92 Å². The SMILES string of the molecule is CC(Nc1ncns1)C(=O)NC(C)(C)C. The predicted molar refractivity (Wildman–Crippen MR) is 60.9 cm³/mol. The number of amides is 1. The van der Waals surface area contributed by atoms with Gasteiger partial charge >= 0.3 is 0 Å². The molecular weight excluding hydrogens is 212 g/mol. The van der Waals surface area contributed by atoms with Crippen LogP contribution in [0.2, 0.25) is 0 Å². The Morgan fingerprint density at radius 1 is 1.53 bits per heavy atom. The standard InChI is InChI=1S/C9H16N4OS/c1-6(7(14)13-9(2,3)4)12-8-10-5-11-15-8/h5-6H,1-4H3,(H,13,14)(H,10,11,12). The average molecular weight is 228 g/mol. The van der Waals surface area contributed by atoms with Gasteiger partial charge in [0, 0.05) is 17.1 Å². The molecule has 1 heterocycles. The predicted octanol–water partition coefficient (Wildman–Crippen LogP) is 1.25. The van der Waals surface area contributed by atoms with Gasteiger partial charge in [0.1, 0.15) is 12.4 Å². The first-order chi connectivity index (χ1) is 6.88. The van der Waals surface area contributed by atoms with Crippen molar-refractivity contribution in [2.75, 3.05) is 5.32 Å². The summed E-state index contributed by atoms with van der Waals surface area (Å²) in [4.78, 5) is 15.6. The Morgan fingerprint density at radius 2 is 2.20 bits per heavy atom. The van der Waals surface area contributed by atoms with Gasteiger partial charge in [-0.25, -0.2) is 4.98 Å². The number of hydrogen-bond acceptors (Lipinski definition) is 5. The van der Waals surface area contributed by atoms with E-state index in [-0.39, 0.29) is 17.5 Å². The van der Waals surface area contributed by atoms with Gasteiger partial charge in [-0.3, -0.25) is 4.79 Å². The first-order valence-corrected chi connectivity index (χ1v) is 5.51. The molecule has 1 aromatic rings. The molecule has 0 aromatic carbocycles. The number of nitrogens with one attached hydrogen (secondary N) is 2. The van der Waals surface area contributed by atoms with E-state index in [9.17, 15) is 4.79 Å². The molecule has 0 aliphatic heterocycles. The van der Waals surface area contributed by atoms with Crippen LogP contribution >= 0.6 is 11.5 Å². The van der Waals surface area contributed by atoms with Crippen molar-refractivity contribution in [2.45, 2.75) is 39.3 Å². The van der Waals surface area contributed by atoms with Crippen molar-refractivity contribution in [1.82, 2.24) is 14.7 Å². The molecule has 15 heavy (non-hydrogen) atoms. The smallest absolute Gasteiger partial charge is 0.242 e. The van der Waals surface area contributed by atoms with Gasteiger partial charge in [0.05, 0.1) is 0 Å². The Morgan fingerprint density at radius 3 is 2.67 bits per heavy atom. The van der Waals surface area contributed by atoms with E-state index in [4.69, 9.17) is 0 Å². The largest absolute Gasteiger partial charge is 0.350 e. The van der Waals surface area contributed by atoms with Gasteiger partial charge in [0.15, 0.2) is 0 Å². The topological polar surface area (TPSA) is 66.9 Å². The van der Waals surface area contributed by atoms with E-state index >= 15 is 0 Å². The summed E-state index contributed by atoms with van der Waals surface area (Å²) in [6, 6.07) is -0.308. The zero-order valence-corrected chi connectivity index (χ0v) is 10.2. The lowest BCUT2D eigenvalue weighted by Crippen LogP contribution is -2.47. The molecule has 5 nitrogen and oxygen atoms in total. The minimum Gasteiger partial charge on any atom is -0.350 e. The van der Waals surface area contributed by atoms with Gasteiger partial charge in [0.25, 0.3) is 0 Å². The van der Waals surface area contributed by atoms with Crippen molar-refractivity contribution in [3.63, 3.8) is 0 Å². The molecule has 0 aliphatic rings. The molecular formula is C9H16N4OS. The fraction of sp³-hybridized carbons (Fsp3) is 0.667. The first kappa shape index (κ1) is 11.9. The van der Waals surface area contributed by atoms with Gasteiger partial charge in [-0.15, -0.1) is 0 Å². The number of rotatable bonds is 3. The second kappa shape index (κ2) is 4.57. The molecule has 84 valence electrons. The van der Waals surface area contributed by atoms with E-state index in [1.165, 1.54) is 17.9 Å². The molecule has 0 saturated carbocycles. The van der Waals surface area contributed by atoms with Crippen molar-refractivity contribution < 1.29 is 4.79 Å². The van der Waals surface area contributed by atoms with Crippen LogP contribution in [-0.2, 0) is 4.79 Å². The molecule has 0 spiro atoms. The number of nitrogens with zero attached hydrogens (tertiary/aromatic N) is 2. The molecule has 0 aliphatic carbocycles. The summed E-state index contributed by atoms with van der Waals surface area (Å²) in [7, 11) is 0. The van der Waals surface area contributed by atoms with Gasteiger partial charge in [-0.05, 0) is 27.7 Å². The van der Waals surface area contributed by atoms with Crippen LogP contribution in [-0.4, -0.2) is 26.8 Å². The van der Waals surface area contributed by atoms with E-state index in [0.29, 0.717) is 5.13 Å². The highest BCUT2D eigenvalue weighted by molar-refractivity contribution is 7.09. The number of aromatic nitrogens is 2. The van der Waals surface area contributed by atoms with E-state index < -0.39 is 0 Å². The highest BCUT2D eigenvalue weighted by atomic mass is 32.1. The first-order valence-electron chi connectivity index (χ1n) is 4.74. The number of anilines is 1. The average Bonchev–Trinajstić information content (AvgIpc) is 2.53. The number of carbonyl (C=O) groups excluding carboxylic acids is 1. The Labute approximate surface area is 93.5 Å². The van der Waals surface area contributed by atoms with Crippen LogP contribution in [0.15, 0.2) is 6.33 Å². The molecule has 6 heteroatoms. The van der Waals surface area contributed by atoms with Crippen LogP contribution in [0.1, 0.15) is 27.7 Å². The zero-order chi connectivity index (χ0) is 11.5. The lowest BCUT2D eigenvalue weighted by atomic mass is 10.1. The molecule has 1 rings (SSSR count). The van der Waals surface area contributed by atoms with Crippen LogP contribution in [0.25, 0.3) is 0 Å². The van der Waals surface area contributed by atoms with Gasteiger partial charge in [-0.1, -0.05) is 0 Å². The minimum absolute atomic E-state index is 0.0438. The molecule has 0 fully saturated rings.